The average Bonchev–Trinajstić information content (AvgIpc) is 2.77. The van der Waals surface area contributed by atoms with Gasteiger partial charge in [-0.15, -0.1) is 11.8 Å². The van der Waals surface area contributed by atoms with Crippen LogP contribution < -0.4 is 9.64 Å². The van der Waals surface area contributed by atoms with Crippen molar-refractivity contribution in [1.82, 2.24) is 4.90 Å². The van der Waals surface area contributed by atoms with Crippen LogP contribution in [0.5, 0.6) is 5.75 Å². The number of hydrogen-bond acceptors (Lipinski definition) is 4. The molecule has 146 valence electrons. The maximum absolute atomic E-state index is 13.0. The van der Waals surface area contributed by atoms with E-state index < -0.39 is 6.10 Å². The fourth-order valence-corrected chi connectivity index (χ4v) is 4.45. The van der Waals surface area contributed by atoms with E-state index in [-0.39, 0.29) is 18.4 Å². The van der Waals surface area contributed by atoms with E-state index in [0.29, 0.717) is 11.5 Å². The first-order chi connectivity index (χ1) is 13.7. The number of amides is 2. The number of anilines is 1. The number of para-hydroxylation sites is 2. The molecule has 6 heteroatoms. The minimum atomic E-state index is -0.640. The molecule has 0 aromatic heterocycles. The molecule has 4 rings (SSSR count). The summed E-state index contributed by atoms with van der Waals surface area (Å²) in [6, 6.07) is 17.3. The molecule has 2 amide bonds. The van der Waals surface area contributed by atoms with Crippen molar-refractivity contribution in [3.63, 3.8) is 0 Å². The van der Waals surface area contributed by atoms with E-state index in [1.54, 1.807) is 4.90 Å². The van der Waals surface area contributed by atoms with Gasteiger partial charge >= 0.3 is 0 Å². The lowest BCUT2D eigenvalue weighted by Gasteiger charge is -2.37. The number of piperidine rings is 1. The van der Waals surface area contributed by atoms with Crippen LogP contribution in [0.1, 0.15) is 19.3 Å². The first kappa shape index (κ1) is 18.9. The van der Waals surface area contributed by atoms with Crippen LogP contribution >= 0.6 is 11.8 Å². The van der Waals surface area contributed by atoms with Crippen LogP contribution in [-0.4, -0.2) is 48.2 Å². The van der Waals surface area contributed by atoms with Gasteiger partial charge in [-0.3, -0.25) is 9.59 Å². The van der Waals surface area contributed by atoms with Crippen LogP contribution in [0.15, 0.2) is 59.5 Å². The number of carbonyl (C=O) groups excluding carboxylic acids is 2. The van der Waals surface area contributed by atoms with E-state index in [0.717, 1.165) is 36.5 Å². The first-order valence-electron chi connectivity index (χ1n) is 9.75. The molecule has 1 atom stereocenters. The summed E-state index contributed by atoms with van der Waals surface area (Å²) in [5, 5.41) is 0. The van der Waals surface area contributed by atoms with Gasteiger partial charge in [0.05, 0.1) is 18.0 Å². The normalized spacial score (nSPS) is 18.9. The molecule has 2 heterocycles. The minimum Gasteiger partial charge on any atom is -0.476 e. The molecule has 2 aliphatic rings. The van der Waals surface area contributed by atoms with Gasteiger partial charge in [-0.25, -0.2) is 0 Å². The zero-order valence-electron chi connectivity index (χ0n) is 15.8. The van der Waals surface area contributed by atoms with Crippen molar-refractivity contribution in [2.75, 3.05) is 30.3 Å². The molecule has 0 N–H and O–H groups in total. The molecule has 5 nitrogen and oxygen atoms in total. The van der Waals surface area contributed by atoms with Crippen LogP contribution in [0.25, 0.3) is 0 Å². The summed E-state index contributed by atoms with van der Waals surface area (Å²) in [5.41, 5.74) is 0.740. The number of thioether (sulfide) groups is 1. The lowest BCUT2D eigenvalue weighted by Crippen LogP contribution is -2.53. The summed E-state index contributed by atoms with van der Waals surface area (Å²) in [5.74, 6) is 0.897. The lowest BCUT2D eigenvalue weighted by atomic mass is 10.1. The van der Waals surface area contributed by atoms with Crippen LogP contribution in [0.4, 0.5) is 5.69 Å². The predicted octanol–water partition coefficient (Wildman–Crippen LogP) is 3.59. The topological polar surface area (TPSA) is 49.9 Å². The molecular formula is C22H24N2O3S. The van der Waals surface area contributed by atoms with Gasteiger partial charge in [0.1, 0.15) is 5.75 Å². The molecule has 1 saturated heterocycles. The molecule has 28 heavy (non-hydrogen) atoms. The molecule has 0 bridgehead atoms. The number of likely N-dealkylation sites (tertiary alicyclic amines) is 1. The van der Waals surface area contributed by atoms with E-state index in [2.05, 4.69) is 0 Å². The summed E-state index contributed by atoms with van der Waals surface area (Å²) in [7, 11) is 0. The zero-order chi connectivity index (χ0) is 19.3. The summed E-state index contributed by atoms with van der Waals surface area (Å²) < 4.78 is 6.00. The Hall–Kier alpha value is -2.47. The molecule has 0 radical (unpaired) electrons. The first-order valence-corrected chi connectivity index (χ1v) is 10.7. The second-order valence-corrected chi connectivity index (χ2v) is 8.11. The Morgan fingerprint density at radius 2 is 1.68 bits per heavy atom. The van der Waals surface area contributed by atoms with Crippen molar-refractivity contribution >= 4 is 29.3 Å². The molecule has 0 aliphatic carbocycles. The summed E-state index contributed by atoms with van der Waals surface area (Å²) in [6.45, 7) is 1.82. The van der Waals surface area contributed by atoms with Gasteiger partial charge < -0.3 is 14.5 Å². The number of fused-ring (bicyclic) bond motifs is 1. The average molecular weight is 397 g/mol. The highest BCUT2D eigenvalue weighted by atomic mass is 32.2. The summed E-state index contributed by atoms with van der Waals surface area (Å²) >= 11 is 1.51. The Balaban J connectivity index is 1.50. The van der Waals surface area contributed by atoms with Gasteiger partial charge in [-0.1, -0.05) is 30.3 Å². The Morgan fingerprint density at radius 3 is 2.46 bits per heavy atom. The van der Waals surface area contributed by atoms with Crippen molar-refractivity contribution in [2.24, 2.45) is 0 Å². The van der Waals surface area contributed by atoms with Crippen molar-refractivity contribution in [2.45, 2.75) is 30.3 Å². The number of carbonyl (C=O) groups is 2. The SMILES string of the molecule is O=C([C@H]1CN(C(=O)CSc2ccccc2)c2ccccc2O1)N1CCCCC1. The van der Waals surface area contributed by atoms with E-state index >= 15 is 0 Å². The van der Waals surface area contributed by atoms with Gasteiger partial charge in [0, 0.05) is 18.0 Å². The number of ether oxygens (including phenoxy) is 1. The van der Waals surface area contributed by atoms with Gasteiger partial charge in [0.15, 0.2) is 6.10 Å². The maximum atomic E-state index is 13.0. The number of hydrogen-bond donors (Lipinski definition) is 0. The molecule has 2 aromatic rings. The molecular weight excluding hydrogens is 372 g/mol. The quantitative estimate of drug-likeness (QED) is 0.741. The fourth-order valence-electron chi connectivity index (χ4n) is 3.66. The van der Waals surface area contributed by atoms with E-state index in [1.165, 1.54) is 18.2 Å². The molecule has 2 aliphatic heterocycles. The third-order valence-corrected chi connectivity index (χ3v) is 6.12. The van der Waals surface area contributed by atoms with Crippen LogP contribution in [0.3, 0.4) is 0 Å². The predicted molar refractivity (Wildman–Crippen MR) is 111 cm³/mol. The van der Waals surface area contributed by atoms with Gasteiger partial charge in [-0.2, -0.15) is 0 Å². The summed E-state index contributed by atoms with van der Waals surface area (Å²) in [6.07, 6.45) is 2.59. The third kappa shape index (κ3) is 4.17. The van der Waals surface area contributed by atoms with Crippen LogP contribution in [-0.2, 0) is 9.59 Å². The molecule has 2 aromatic carbocycles. The molecule has 0 saturated carbocycles. The summed E-state index contributed by atoms with van der Waals surface area (Å²) in [4.78, 5) is 30.6. The fraction of sp³-hybridized carbons (Fsp3) is 0.364. The standard InChI is InChI=1S/C22H24N2O3S/c25-21(16-28-17-9-3-1-4-10-17)24-15-20(22(26)23-13-7-2-8-14-23)27-19-12-6-5-11-18(19)24/h1,3-6,9-12,20H,2,7-8,13-16H2/t20-/m1/s1. The smallest absolute Gasteiger partial charge is 0.265 e. The highest BCUT2D eigenvalue weighted by Crippen LogP contribution is 2.34. The van der Waals surface area contributed by atoms with Crippen molar-refractivity contribution in [3.8, 4) is 5.75 Å². The molecule has 0 unspecified atom stereocenters. The van der Waals surface area contributed by atoms with E-state index in [9.17, 15) is 9.59 Å². The Bertz CT molecular complexity index is 837. The van der Waals surface area contributed by atoms with Crippen molar-refractivity contribution in [3.05, 3.63) is 54.6 Å². The second kappa shape index (κ2) is 8.69. The Labute approximate surface area is 169 Å². The maximum Gasteiger partial charge on any atom is 0.265 e. The number of benzene rings is 2. The van der Waals surface area contributed by atoms with Crippen LogP contribution in [0, 0.1) is 0 Å². The van der Waals surface area contributed by atoms with Crippen molar-refractivity contribution in [1.29, 1.82) is 0 Å². The van der Waals surface area contributed by atoms with Gasteiger partial charge in [0.2, 0.25) is 5.91 Å². The Morgan fingerprint density at radius 1 is 0.964 bits per heavy atom. The third-order valence-electron chi connectivity index (χ3n) is 5.12. The minimum absolute atomic E-state index is 0.0114. The molecule has 0 spiro atoms. The number of rotatable bonds is 4. The highest BCUT2D eigenvalue weighted by molar-refractivity contribution is 8.00. The number of nitrogens with zero attached hydrogens (tertiary/aromatic N) is 2. The monoisotopic (exact) mass is 396 g/mol. The lowest BCUT2D eigenvalue weighted by molar-refractivity contribution is -0.139. The molecule has 1 fully saturated rings. The zero-order valence-corrected chi connectivity index (χ0v) is 16.6. The van der Waals surface area contributed by atoms with Gasteiger partial charge in [-0.05, 0) is 43.5 Å². The highest BCUT2D eigenvalue weighted by Gasteiger charge is 2.36. The van der Waals surface area contributed by atoms with E-state index in [1.807, 2.05) is 59.5 Å². The van der Waals surface area contributed by atoms with Crippen LogP contribution in [0.2, 0.25) is 0 Å². The van der Waals surface area contributed by atoms with E-state index in [4.69, 9.17) is 4.74 Å². The second-order valence-electron chi connectivity index (χ2n) is 7.07. The van der Waals surface area contributed by atoms with Gasteiger partial charge in [0.25, 0.3) is 5.91 Å². The van der Waals surface area contributed by atoms with Crippen molar-refractivity contribution < 1.29 is 14.3 Å². The largest absolute Gasteiger partial charge is 0.476 e. The Kier molecular flexibility index (Phi) is 5.86.